The Morgan fingerprint density at radius 3 is 2.96 bits per heavy atom. The van der Waals surface area contributed by atoms with Crippen LogP contribution in [0, 0.1) is 23.2 Å². The van der Waals surface area contributed by atoms with Crippen molar-refractivity contribution < 1.29 is 20.0 Å². The van der Waals surface area contributed by atoms with Crippen LogP contribution in [-0.2, 0) is 9.53 Å². The minimum absolute atomic E-state index is 0.0392. The molecule has 0 unspecified atom stereocenters. The Morgan fingerprint density at radius 2 is 2.21 bits per heavy atom. The van der Waals surface area contributed by atoms with Gasteiger partial charge < -0.3 is 15.2 Å². The van der Waals surface area contributed by atoms with E-state index in [1.807, 2.05) is 0 Å². The number of hydrogen-bond acceptors (Lipinski definition) is 3. The fraction of sp³-hybridized carbons (Fsp3) is 0.850. The van der Waals surface area contributed by atoms with Gasteiger partial charge in [0.25, 0.3) is 0 Å². The Kier molecular flexibility index (Phi) is 5.36. The van der Waals surface area contributed by atoms with Crippen molar-refractivity contribution in [2.45, 2.75) is 71.5 Å². The summed E-state index contributed by atoms with van der Waals surface area (Å²) in [5.41, 5.74) is 1.13. The van der Waals surface area contributed by atoms with Crippen LogP contribution in [0.2, 0.25) is 0 Å². The second-order valence-corrected chi connectivity index (χ2v) is 8.32. The summed E-state index contributed by atoms with van der Waals surface area (Å²) in [5, 5.41) is 13.5. The van der Waals surface area contributed by atoms with Crippen LogP contribution in [0.15, 0.2) is 11.6 Å². The van der Waals surface area contributed by atoms with Crippen LogP contribution in [0.4, 0.5) is 0 Å². The molecule has 24 heavy (non-hydrogen) atoms. The van der Waals surface area contributed by atoms with E-state index < -0.39 is 6.10 Å². The molecule has 0 aromatic heterocycles. The van der Waals surface area contributed by atoms with Gasteiger partial charge in [-0.05, 0) is 31.6 Å². The summed E-state index contributed by atoms with van der Waals surface area (Å²) < 4.78 is 5.70. The average molecular weight is 336 g/mol. The number of esters is 1. The molecule has 136 valence electrons. The molecule has 2 aliphatic carbocycles. The van der Waals surface area contributed by atoms with Gasteiger partial charge in [0.2, 0.25) is 0 Å². The van der Waals surface area contributed by atoms with Crippen molar-refractivity contribution in [1.29, 1.82) is 0 Å². The van der Waals surface area contributed by atoms with Gasteiger partial charge in [-0.3, -0.25) is 4.79 Å². The molecule has 2 fully saturated rings. The fourth-order valence-corrected chi connectivity index (χ4v) is 5.17. The van der Waals surface area contributed by atoms with Crippen LogP contribution in [-0.4, -0.2) is 36.4 Å². The van der Waals surface area contributed by atoms with Crippen LogP contribution in [0.25, 0.3) is 0 Å². The normalized spacial score (nSPS) is 41.4. The minimum Gasteiger partial charge on any atom is -0.461 e. The Balaban J connectivity index is 1.72. The molecular formula is C20H34NO3+. The van der Waals surface area contributed by atoms with Crippen molar-refractivity contribution in [3.63, 3.8) is 0 Å². The number of carbonyl (C=O) groups is 1. The molecule has 4 nitrogen and oxygen atoms in total. The first-order valence-electron chi connectivity index (χ1n) is 9.89. The molecule has 3 N–H and O–H groups in total. The summed E-state index contributed by atoms with van der Waals surface area (Å²) in [6, 6.07) is 0. The number of unbranched alkanes of at least 4 members (excludes halogenated alkanes) is 2. The summed E-state index contributed by atoms with van der Waals surface area (Å²) in [6.07, 6.45) is 8.37. The van der Waals surface area contributed by atoms with Crippen molar-refractivity contribution in [3.05, 3.63) is 11.6 Å². The van der Waals surface area contributed by atoms with Gasteiger partial charge in [-0.25, -0.2) is 0 Å². The van der Waals surface area contributed by atoms with Gasteiger partial charge in [0.05, 0.1) is 19.2 Å². The number of allylic oxidation sites excluding steroid dienone is 1. The number of carbonyl (C=O) groups excluding carboxylic acids is 1. The van der Waals surface area contributed by atoms with E-state index in [0.717, 1.165) is 32.4 Å². The summed E-state index contributed by atoms with van der Waals surface area (Å²) in [4.78, 5) is 12.4. The molecule has 4 heteroatoms. The average Bonchev–Trinajstić information content (AvgIpc) is 2.86. The first kappa shape index (κ1) is 17.9. The maximum Gasteiger partial charge on any atom is 0.315 e. The van der Waals surface area contributed by atoms with E-state index in [2.05, 4.69) is 32.2 Å². The number of nitrogens with two attached hydrogens (primary N) is 1. The maximum atomic E-state index is 12.4. The van der Waals surface area contributed by atoms with Crippen LogP contribution in [0.1, 0.15) is 59.3 Å². The number of rotatable bonds is 6. The first-order valence-corrected chi connectivity index (χ1v) is 9.89. The molecule has 0 amide bonds. The third-order valence-electron chi connectivity index (χ3n) is 7.00. The predicted octanol–water partition coefficient (Wildman–Crippen LogP) is 2.02. The van der Waals surface area contributed by atoms with E-state index in [1.165, 1.54) is 24.8 Å². The number of aliphatic hydroxyl groups excluding tert-OH is 1. The van der Waals surface area contributed by atoms with Gasteiger partial charge in [-0.1, -0.05) is 38.8 Å². The van der Waals surface area contributed by atoms with Gasteiger partial charge >= 0.3 is 5.97 Å². The highest BCUT2D eigenvalue weighted by atomic mass is 16.6. The molecule has 0 bridgehead atoms. The molecule has 6 atom stereocenters. The molecule has 0 aromatic rings. The van der Waals surface area contributed by atoms with E-state index in [0.29, 0.717) is 5.92 Å². The maximum absolute atomic E-state index is 12.4. The number of quaternary nitrogens is 1. The molecule has 0 aromatic carbocycles. The Morgan fingerprint density at radius 1 is 1.42 bits per heavy atom. The highest BCUT2D eigenvalue weighted by Gasteiger charge is 2.60. The van der Waals surface area contributed by atoms with Gasteiger partial charge in [-0.2, -0.15) is 0 Å². The van der Waals surface area contributed by atoms with Crippen molar-refractivity contribution in [2.75, 3.05) is 13.1 Å². The first-order chi connectivity index (χ1) is 11.5. The molecule has 3 rings (SSSR count). The predicted molar refractivity (Wildman–Crippen MR) is 93.3 cm³/mol. The van der Waals surface area contributed by atoms with E-state index in [9.17, 15) is 9.90 Å². The molecule has 1 saturated carbocycles. The Labute approximate surface area is 146 Å². The zero-order valence-electron chi connectivity index (χ0n) is 15.5. The number of fused-ring (bicyclic) bond motifs is 2. The third-order valence-corrected chi connectivity index (χ3v) is 7.00. The van der Waals surface area contributed by atoms with Crippen molar-refractivity contribution in [2.24, 2.45) is 23.2 Å². The van der Waals surface area contributed by atoms with Gasteiger partial charge in [-0.15, -0.1) is 0 Å². The molecule has 1 saturated heterocycles. The fourth-order valence-electron chi connectivity index (χ4n) is 5.17. The van der Waals surface area contributed by atoms with E-state index in [1.54, 1.807) is 0 Å². The highest BCUT2D eigenvalue weighted by molar-refractivity contribution is 5.76. The van der Waals surface area contributed by atoms with Gasteiger partial charge in [0.1, 0.15) is 12.0 Å². The summed E-state index contributed by atoms with van der Waals surface area (Å²) in [7, 11) is 0. The molecule has 1 aliphatic heterocycles. The summed E-state index contributed by atoms with van der Waals surface area (Å²) >= 11 is 0. The molecule has 0 radical (unpaired) electrons. The number of hydrogen-bond donors (Lipinski definition) is 2. The standard InChI is InChI=1S/C20H33NO3/c1-4-5-6-10-21-12-15-17-16(24-19(15)23)11-14-9-7-8-13(2)20(14,3)18(17)22/h9,13,15-18,21-22H,4-8,10-12H2,1-3H3/p+1/t13-,15+,16+,17-,18-,20+/m1/s1. The van der Waals surface area contributed by atoms with Crippen LogP contribution in [0.5, 0.6) is 0 Å². The van der Waals surface area contributed by atoms with Crippen molar-refractivity contribution >= 4 is 5.97 Å². The lowest BCUT2D eigenvalue weighted by Crippen LogP contribution is -2.86. The third kappa shape index (κ3) is 2.92. The van der Waals surface area contributed by atoms with Gasteiger partial charge in [0, 0.05) is 17.8 Å². The van der Waals surface area contributed by atoms with Crippen LogP contribution in [0.3, 0.4) is 0 Å². The van der Waals surface area contributed by atoms with E-state index in [4.69, 9.17) is 4.74 Å². The Bertz CT molecular complexity index is 503. The SMILES string of the molecule is CCCCC[NH2+]C[C@@H]1C(=O)O[C@H]2CC3=CCC[C@@H](C)[C@]3(C)[C@H](O)[C@@H]21. The Hall–Kier alpha value is -0.870. The second kappa shape index (κ2) is 7.17. The van der Waals surface area contributed by atoms with Crippen molar-refractivity contribution in [3.8, 4) is 0 Å². The lowest BCUT2D eigenvalue weighted by atomic mass is 9.55. The second-order valence-electron chi connectivity index (χ2n) is 8.32. The quantitative estimate of drug-likeness (QED) is 0.443. The smallest absolute Gasteiger partial charge is 0.315 e. The van der Waals surface area contributed by atoms with Gasteiger partial charge in [0.15, 0.2) is 0 Å². The lowest BCUT2D eigenvalue weighted by Gasteiger charge is -2.51. The molecule has 3 aliphatic rings. The van der Waals surface area contributed by atoms with E-state index in [-0.39, 0.29) is 29.3 Å². The minimum atomic E-state index is -0.474. The number of ether oxygens (including phenoxy) is 1. The van der Waals surface area contributed by atoms with Crippen molar-refractivity contribution in [1.82, 2.24) is 0 Å². The largest absolute Gasteiger partial charge is 0.461 e. The summed E-state index contributed by atoms with van der Waals surface area (Å²) in [5.74, 6) is 0.173. The highest BCUT2D eigenvalue weighted by Crippen LogP contribution is 2.55. The molecule has 0 spiro atoms. The number of aliphatic hydroxyl groups is 1. The van der Waals surface area contributed by atoms with Crippen LogP contribution < -0.4 is 5.32 Å². The topological polar surface area (TPSA) is 63.1 Å². The monoisotopic (exact) mass is 336 g/mol. The molecular weight excluding hydrogens is 302 g/mol. The zero-order chi connectivity index (χ0) is 17.3. The summed E-state index contributed by atoms with van der Waals surface area (Å²) in [6.45, 7) is 8.47. The van der Waals surface area contributed by atoms with Crippen LogP contribution >= 0.6 is 0 Å². The molecule has 1 heterocycles. The van der Waals surface area contributed by atoms with E-state index >= 15 is 0 Å². The lowest BCUT2D eigenvalue weighted by molar-refractivity contribution is -0.659. The zero-order valence-corrected chi connectivity index (χ0v) is 15.5.